The maximum atomic E-state index is 8.78. The van der Waals surface area contributed by atoms with Crippen LogP contribution in [0.25, 0.3) is 0 Å². The van der Waals surface area contributed by atoms with Gasteiger partial charge in [0.25, 0.3) is 5.97 Å². The van der Waals surface area contributed by atoms with E-state index in [0.717, 1.165) is 19.3 Å². The van der Waals surface area contributed by atoms with E-state index in [-0.39, 0.29) is 11.8 Å². The zero-order chi connectivity index (χ0) is 10.5. The van der Waals surface area contributed by atoms with Gasteiger partial charge in [0.2, 0.25) is 0 Å². The molecule has 0 atom stereocenters. The molecule has 13 heavy (non-hydrogen) atoms. The van der Waals surface area contributed by atoms with E-state index in [1.807, 2.05) is 0 Å². The van der Waals surface area contributed by atoms with E-state index in [2.05, 4.69) is 20.8 Å². The molecule has 0 amide bonds. The van der Waals surface area contributed by atoms with Gasteiger partial charge in [-0.05, 0) is 11.8 Å². The van der Waals surface area contributed by atoms with Gasteiger partial charge in [-0.2, -0.15) is 0 Å². The Bertz CT molecular complexity index is 125. The van der Waals surface area contributed by atoms with Gasteiger partial charge in [0.1, 0.15) is 0 Å². The van der Waals surface area contributed by atoms with Gasteiger partial charge < -0.3 is 15.3 Å². The Morgan fingerprint density at radius 2 is 1.15 bits per heavy atom. The molecule has 80 valence electrons. The second-order valence-electron chi connectivity index (χ2n) is 3.84. The van der Waals surface area contributed by atoms with E-state index in [1.54, 1.807) is 0 Å². The lowest BCUT2D eigenvalue weighted by Gasteiger charge is -2.31. The van der Waals surface area contributed by atoms with Crippen LogP contribution in [0, 0.1) is 5.41 Å². The van der Waals surface area contributed by atoms with Crippen molar-refractivity contribution >= 4 is 0 Å². The first-order valence-corrected chi connectivity index (χ1v) is 5.06. The van der Waals surface area contributed by atoms with Crippen molar-refractivity contribution in [2.75, 3.05) is 0 Å². The average Bonchev–Trinajstić information content (AvgIpc) is 2.06. The summed E-state index contributed by atoms with van der Waals surface area (Å²) in [4.78, 5) is 0. The highest BCUT2D eigenvalue weighted by atomic mass is 16.7. The number of hydrogen-bond acceptors (Lipinski definition) is 3. The summed E-state index contributed by atoms with van der Waals surface area (Å²) in [7, 11) is 0. The molecule has 0 heterocycles. The Balaban J connectivity index is 4.11. The highest BCUT2D eigenvalue weighted by molar-refractivity contribution is 4.75. The molecule has 3 nitrogen and oxygen atoms in total. The summed E-state index contributed by atoms with van der Waals surface area (Å²) >= 11 is 0. The first-order valence-electron chi connectivity index (χ1n) is 5.06. The molecule has 3 heteroatoms. The summed E-state index contributed by atoms with van der Waals surface area (Å²) in [6.07, 6.45) is 3.71. The molecule has 0 radical (unpaired) electrons. The minimum absolute atomic E-state index is 0.0303. The Labute approximate surface area is 80.4 Å². The third-order valence-corrected chi connectivity index (χ3v) is 3.24. The third kappa shape index (κ3) is 4.60. The largest absolute Gasteiger partial charge is 0.344 e. The summed E-state index contributed by atoms with van der Waals surface area (Å²) in [5.41, 5.74) is 0.152. The van der Waals surface area contributed by atoms with Crippen molar-refractivity contribution in [3.8, 4) is 0 Å². The van der Waals surface area contributed by atoms with E-state index in [4.69, 9.17) is 15.3 Å². The molecule has 0 aliphatic carbocycles. The van der Waals surface area contributed by atoms with E-state index < -0.39 is 5.97 Å². The molecule has 0 unspecified atom stereocenters. The van der Waals surface area contributed by atoms with Crippen LogP contribution in [0.2, 0.25) is 0 Å². The SMILES string of the molecule is CCC(CC)(CC)CCC(O)(O)O. The lowest BCUT2D eigenvalue weighted by Crippen LogP contribution is -2.30. The summed E-state index contributed by atoms with van der Waals surface area (Å²) in [5.74, 6) is -2.50. The smallest absolute Gasteiger partial charge is 0.275 e. The van der Waals surface area contributed by atoms with Crippen molar-refractivity contribution in [2.24, 2.45) is 5.41 Å². The highest BCUT2D eigenvalue weighted by Crippen LogP contribution is 2.36. The number of rotatable bonds is 6. The van der Waals surface area contributed by atoms with Crippen molar-refractivity contribution < 1.29 is 15.3 Å². The zero-order valence-corrected chi connectivity index (χ0v) is 8.88. The van der Waals surface area contributed by atoms with Gasteiger partial charge in [0.05, 0.1) is 0 Å². The molecule has 0 aliphatic heterocycles. The zero-order valence-electron chi connectivity index (χ0n) is 8.88. The van der Waals surface area contributed by atoms with Gasteiger partial charge in [-0.3, -0.25) is 0 Å². The number of hydrogen-bond donors (Lipinski definition) is 3. The monoisotopic (exact) mass is 190 g/mol. The quantitative estimate of drug-likeness (QED) is 0.558. The molecule has 0 rings (SSSR count). The fourth-order valence-electron chi connectivity index (χ4n) is 1.71. The number of aliphatic hydroxyl groups is 3. The van der Waals surface area contributed by atoms with Crippen LogP contribution in [0.15, 0.2) is 0 Å². The molecular formula is C10H22O3. The van der Waals surface area contributed by atoms with E-state index >= 15 is 0 Å². The maximum absolute atomic E-state index is 8.78. The van der Waals surface area contributed by atoms with Crippen LogP contribution in [0.3, 0.4) is 0 Å². The van der Waals surface area contributed by atoms with E-state index in [1.165, 1.54) is 0 Å². The van der Waals surface area contributed by atoms with Gasteiger partial charge in [-0.15, -0.1) is 0 Å². The normalized spacial score (nSPS) is 13.4. The Hall–Kier alpha value is -0.120. The summed E-state index contributed by atoms with van der Waals surface area (Å²) in [6, 6.07) is 0. The summed E-state index contributed by atoms with van der Waals surface area (Å²) < 4.78 is 0. The maximum Gasteiger partial charge on any atom is 0.275 e. The first kappa shape index (κ1) is 12.9. The van der Waals surface area contributed by atoms with Gasteiger partial charge in [0.15, 0.2) is 0 Å². The highest BCUT2D eigenvalue weighted by Gasteiger charge is 2.28. The molecule has 0 aromatic carbocycles. The molecule has 0 aromatic heterocycles. The van der Waals surface area contributed by atoms with Crippen LogP contribution in [-0.2, 0) is 0 Å². The van der Waals surface area contributed by atoms with Crippen LogP contribution >= 0.6 is 0 Å². The van der Waals surface area contributed by atoms with Crippen LogP contribution in [0.4, 0.5) is 0 Å². The van der Waals surface area contributed by atoms with Crippen LogP contribution in [-0.4, -0.2) is 21.3 Å². The van der Waals surface area contributed by atoms with E-state index in [0.29, 0.717) is 6.42 Å². The Morgan fingerprint density at radius 1 is 0.769 bits per heavy atom. The fourth-order valence-corrected chi connectivity index (χ4v) is 1.71. The first-order chi connectivity index (χ1) is 5.89. The summed E-state index contributed by atoms with van der Waals surface area (Å²) in [6.45, 7) is 6.29. The van der Waals surface area contributed by atoms with Crippen molar-refractivity contribution in [1.82, 2.24) is 0 Å². The van der Waals surface area contributed by atoms with Crippen LogP contribution < -0.4 is 0 Å². The minimum atomic E-state index is -2.50. The molecule has 0 aromatic rings. The lowest BCUT2D eigenvalue weighted by atomic mass is 9.76. The minimum Gasteiger partial charge on any atom is -0.344 e. The van der Waals surface area contributed by atoms with Gasteiger partial charge in [0, 0.05) is 6.42 Å². The molecular weight excluding hydrogens is 168 g/mol. The second-order valence-corrected chi connectivity index (χ2v) is 3.84. The Kier molecular flexibility index (Phi) is 4.89. The van der Waals surface area contributed by atoms with Crippen molar-refractivity contribution in [3.63, 3.8) is 0 Å². The molecule has 3 N–H and O–H groups in total. The summed E-state index contributed by atoms with van der Waals surface area (Å²) in [5, 5.41) is 26.3. The van der Waals surface area contributed by atoms with Crippen LogP contribution in [0.5, 0.6) is 0 Å². The molecule has 0 saturated heterocycles. The van der Waals surface area contributed by atoms with Crippen molar-refractivity contribution in [2.45, 2.75) is 58.8 Å². The molecule has 0 aliphatic rings. The average molecular weight is 190 g/mol. The molecule has 0 spiro atoms. The van der Waals surface area contributed by atoms with Crippen molar-refractivity contribution in [3.05, 3.63) is 0 Å². The molecule has 0 bridgehead atoms. The fraction of sp³-hybridized carbons (Fsp3) is 1.00. The Morgan fingerprint density at radius 3 is 1.38 bits per heavy atom. The van der Waals surface area contributed by atoms with Crippen LogP contribution in [0.1, 0.15) is 52.9 Å². The van der Waals surface area contributed by atoms with E-state index in [9.17, 15) is 0 Å². The molecule has 0 fully saturated rings. The lowest BCUT2D eigenvalue weighted by molar-refractivity contribution is -0.317. The van der Waals surface area contributed by atoms with Gasteiger partial charge in [-0.25, -0.2) is 0 Å². The molecule has 0 saturated carbocycles. The van der Waals surface area contributed by atoms with Crippen molar-refractivity contribution in [1.29, 1.82) is 0 Å². The predicted octanol–water partition coefficient (Wildman–Crippen LogP) is 1.61. The topological polar surface area (TPSA) is 60.7 Å². The predicted molar refractivity (Wildman–Crippen MR) is 51.9 cm³/mol. The van der Waals surface area contributed by atoms with Gasteiger partial charge in [-0.1, -0.05) is 40.0 Å². The standard InChI is InChI=1S/C10H22O3/c1-4-9(5-2,6-3)7-8-10(11,12)13/h11-13H,4-8H2,1-3H3. The van der Waals surface area contributed by atoms with Gasteiger partial charge >= 0.3 is 0 Å². The third-order valence-electron chi connectivity index (χ3n) is 3.24. The second kappa shape index (κ2) is 4.94.